The lowest BCUT2D eigenvalue weighted by atomic mass is 10.1. The Hall–Kier alpha value is 0.177. The fourth-order valence-corrected chi connectivity index (χ4v) is 2.24. The van der Waals surface area contributed by atoms with E-state index in [0.29, 0.717) is 0 Å². The first-order chi connectivity index (χ1) is 6.41. The number of unbranched alkanes of at least 4 members (excludes halogenated alkanes) is 9. The van der Waals surface area contributed by atoms with E-state index in [2.05, 4.69) is 6.92 Å². The molecule has 0 aliphatic heterocycles. The first kappa shape index (κ1) is 16.6. The highest BCUT2D eigenvalue weighted by molar-refractivity contribution is 6.08. The second-order valence-electron chi connectivity index (χ2n) is 4.18. The summed E-state index contributed by atoms with van der Waals surface area (Å²) in [5, 5.41) is 0. The van der Waals surface area contributed by atoms with Crippen molar-refractivity contribution in [3.8, 4) is 0 Å². The molecule has 0 amide bonds. The van der Waals surface area contributed by atoms with Crippen LogP contribution in [0.4, 0.5) is 0 Å². The van der Waals surface area contributed by atoms with Crippen LogP contribution in [-0.4, -0.2) is 15.7 Å². The minimum atomic E-state index is 0. The van der Waals surface area contributed by atoms with Crippen LogP contribution in [0.3, 0.4) is 0 Å². The van der Waals surface area contributed by atoms with Gasteiger partial charge in [0, 0.05) is 10.2 Å². The van der Waals surface area contributed by atoms with Crippen molar-refractivity contribution in [2.24, 2.45) is 0 Å². The predicted molar refractivity (Wildman–Crippen MR) is 70.2 cm³/mol. The van der Waals surface area contributed by atoms with Gasteiger partial charge in [0.05, 0.1) is 0 Å². The average Bonchev–Trinajstić information content (AvgIpc) is 2.16. The van der Waals surface area contributed by atoms with E-state index in [9.17, 15) is 0 Å². The van der Waals surface area contributed by atoms with Crippen molar-refractivity contribution in [2.45, 2.75) is 77.2 Å². The number of hydrogen-bond donors (Lipinski definition) is 0. The monoisotopic (exact) mass is 218 g/mol. The molecular formula is C12H30OSi. The molecule has 0 aromatic rings. The molecule has 0 atom stereocenters. The Morgan fingerprint density at radius 2 is 1.00 bits per heavy atom. The van der Waals surface area contributed by atoms with Gasteiger partial charge in [-0.1, -0.05) is 77.2 Å². The number of rotatable bonds is 10. The van der Waals surface area contributed by atoms with Crippen molar-refractivity contribution in [1.82, 2.24) is 0 Å². The van der Waals surface area contributed by atoms with E-state index in [1.807, 2.05) is 0 Å². The van der Waals surface area contributed by atoms with E-state index in [-0.39, 0.29) is 5.48 Å². The largest absolute Gasteiger partial charge is 0.412 e. The van der Waals surface area contributed by atoms with Crippen molar-refractivity contribution < 1.29 is 5.48 Å². The molecule has 0 bridgehead atoms. The minimum absolute atomic E-state index is 0. The summed E-state index contributed by atoms with van der Waals surface area (Å²) in [6.45, 7) is 2.29. The molecular weight excluding hydrogens is 188 g/mol. The lowest BCUT2D eigenvalue weighted by molar-refractivity contribution is 0.562. The standard InChI is InChI=1S/C12H28Si.H2O/c1-2-3-4-5-6-7-8-9-10-11-12-13;/h2-12H2,1,13H3;1H2. The van der Waals surface area contributed by atoms with Gasteiger partial charge < -0.3 is 5.48 Å². The average molecular weight is 218 g/mol. The van der Waals surface area contributed by atoms with Gasteiger partial charge in [-0.05, 0) is 0 Å². The summed E-state index contributed by atoms with van der Waals surface area (Å²) in [5.41, 5.74) is 0. The van der Waals surface area contributed by atoms with Crippen LogP contribution >= 0.6 is 0 Å². The van der Waals surface area contributed by atoms with Crippen molar-refractivity contribution in [3.63, 3.8) is 0 Å². The van der Waals surface area contributed by atoms with E-state index >= 15 is 0 Å². The maximum absolute atomic E-state index is 2.29. The van der Waals surface area contributed by atoms with Crippen LogP contribution in [0.2, 0.25) is 6.04 Å². The Bertz CT molecular complexity index is 76.4. The van der Waals surface area contributed by atoms with E-state index in [1.54, 1.807) is 0 Å². The van der Waals surface area contributed by atoms with Crippen LogP contribution in [0, 0.1) is 0 Å². The first-order valence-corrected chi connectivity index (χ1v) is 7.83. The molecule has 0 aliphatic rings. The van der Waals surface area contributed by atoms with Crippen LogP contribution < -0.4 is 0 Å². The molecule has 14 heavy (non-hydrogen) atoms. The van der Waals surface area contributed by atoms with Gasteiger partial charge in [0.2, 0.25) is 0 Å². The third kappa shape index (κ3) is 14.7. The Morgan fingerprint density at radius 3 is 1.36 bits per heavy atom. The van der Waals surface area contributed by atoms with Crippen LogP contribution in [0.25, 0.3) is 0 Å². The Balaban J connectivity index is 0. The zero-order chi connectivity index (χ0) is 9.78. The van der Waals surface area contributed by atoms with Gasteiger partial charge in [-0.25, -0.2) is 0 Å². The Labute approximate surface area is 93.4 Å². The van der Waals surface area contributed by atoms with Crippen LogP contribution in [0.15, 0.2) is 0 Å². The van der Waals surface area contributed by atoms with E-state index in [1.165, 1.54) is 80.5 Å². The summed E-state index contributed by atoms with van der Waals surface area (Å²) in [6, 6.07) is 1.51. The maximum atomic E-state index is 2.29. The molecule has 0 aliphatic carbocycles. The van der Waals surface area contributed by atoms with Crippen molar-refractivity contribution in [2.75, 3.05) is 0 Å². The third-order valence-corrected chi connectivity index (χ3v) is 3.41. The van der Waals surface area contributed by atoms with E-state index < -0.39 is 0 Å². The van der Waals surface area contributed by atoms with E-state index in [0.717, 1.165) is 0 Å². The molecule has 88 valence electrons. The lowest BCUT2D eigenvalue weighted by Crippen LogP contribution is -1.81. The molecule has 0 rings (SSSR count). The summed E-state index contributed by atoms with van der Waals surface area (Å²) in [6.07, 6.45) is 14.7. The van der Waals surface area contributed by atoms with Gasteiger partial charge in [0.25, 0.3) is 0 Å². The van der Waals surface area contributed by atoms with Crippen LogP contribution in [0.1, 0.15) is 71.1 Å². The first-order valence-electron chi connectivity index (χ1n) is 6.41. The van der Waals surface area contributed by atoms with Gasteiger partial charge >= 0.3 is 0 Å². The van der Waals surface area contributed by atoms with Gasteiger partial charge in [0.15, 0.2) is 0 Å². The summed E-state index contributed by atoms with van der Waals surface area (Å²) in [4.78, 5) is 0. The topological polar surface area (TPSA) is 31.5 Å². The van der Waals surface area contributed by atoms with Gasteiger partial charge in [-0.3, -0.25) is 0 Å². The summed E-state index contributed by atoms with van der Waals surface area (Å²) < 4.78 is 0. The number of hydrogen-bond acceptors (Lipinski definition) is 0. The quantitative estimate of drug-likeness (QED) is 0.399. The molecule has 0 fully saturated rings. The van der Waals surface area contributed by atoms with Crippen molar-refractivity contribution in [1.29, 1.82) is 0 Å². The predicted octanol–water partition coefficient (Wildman–Crippen LogP) is 2.87. The highest BCUT2D eigenvalue weighted by Crippen LogP contribution is 2.10. The fraction of sp³-hybridized carbons (Fsp3) is 1.00. The second-order valence-corrected chi connectivity index (χ2v) is 5.18. The molecule has 0 saturated carbocycles. The second kappa shape index (κ2) is 15.6. The highest BCUT2D eigenvalue weighted by Gasteiger charge is 1.90. The summed E-state index contributed by atoms with van der Waals surface area (Å²) in [5.74, 6) is 0. The van der Waals surface area contributed by atoms with Gasteiger partial charge in [-0.15, -0.1) is 0 Å². The fourth-order valence-electron chi connectivity index (χ4n) is 1.74. The molecule has 2 N–H and O–H groups in total. The van der Waals surface area contributed by atoms with E-state index in [4.69, 9.17) is 0 Å². The van der Waals surface area contributed by atoms with Crippen LogP contribution in [-0.2, 0) is 0 Å². The van der Waals surface area contributed by atoms with Crippen molar-refractivity contribution >= 4 is 10.2 Å². The molecule has 2 heteroatoms. The molecule has 0 heterocycles. The molecule has 0 unspecified atom stereocenters. The summed E-state index contributed by atoms with van der Waals surface area (Å²) in [7, 11) is 1.41. The molecule has 0 spiro atoms. The molecule has 0 saturated heterocycles. The molecule has 0 aromatic heterocycles. The maximum Gasteiger partial charge on any atom is 0.00279 e. The lowest BCUT2D eigenvalue weighted by Gasteiger charge is -2.00. The smallest absolute Gasteiger partial charge is 0.00279 e. The molecule has 0 aromatic carbocycles. The highest BCUT2D eigenvalue weighted by atomic mass is 28.1. The zero-order valence-electron chi connectivity index (χ0n) is 10.3. The SMILES string of the molecule is CCCCCCCCCCCC[SiH3].O. The molecule has 0 radical (unpaired) electrons. The molecule has 1 nitrogen and oxygen atoms in total. The zero-order valence-corrected chi connectivity index (χ0v) is 12.3. The third-order valence-electron chi connectivity index (χ3n) is 2.71. The summed E-state index contributed by atoms with van der Waals surface area (Å²) >= 11 is 0. The van der Waals surface area contributed by atoms with Crippen molar-refractivity contribution in [3.05, 3.63) is 0 Å². The normalized spacial score (nSPS) is 10.1. The Morgan fingerprint density at radius 1 is 0.643 bits per heavy atom. The minimum Gasteiger partial charge on any atom is -0.412 e. The van der Waals surface area contributed by atoms with Gasteiger partial charge in [0.1, 0.15) is 0 Å². The van der Waals surface area contributed by atoms with Crippen LogP contribution in [0.5, 0.6) is 0 Å². The Kier molecular flexibility index (Phi) is 18.5. The van der Waals surface area contributed by atoms with Gasteiger partial charge in [-0.2, -0.15) is 0 Å².